The average molecular weight is 322 g/mol. The van der Waals surface area contributed by atoms with E-state index < -0.39 is 12.0 Å². The molecule has 2 aromatic rings. The number of aliphatic carboxylic acids is 1. The number of carboxylic acids is 1. The van der Waals surface area contributed by atoms with Crippen molar-refractivity contribution >= 4 is 41.7 Å². The zero-order valence-electron chi connectivity index (χ0n) is 12.9. The number of rotatable bonds is 6. The fourth-order valence-corrected chi connectivity index (χ4v) is 2.04. The van der Waals surface area contributed by atoms with Gasteiger partial charge < -0.3 is 15.3 Å². The fraction of sp³-hybridized carbons (Fsp3) is 0.176. The van der Waals surface area contributed by atoms with Crippen molar-refractivity contribution in [3.8, 4) is 11.5 Å². The topological polar surface area (TPSA) is 90.1 Å². The summed E-state index contributed by atoms with van der Waals surface area (Å²) in [7, 11) is 0. The van der Waals surface area contributed by atoms with E-state index in [-0.39, 0.29) is 41.1 Å². The van der Waals surface area contributed by atoms with Crippen molar-refractivity contribution in [1.82, 2.24) is 0 Å². The SMILES string of the molecule is O=C(O)[C@H](Cc1ccccc1)N=CCc1ccc(O)cc1O.[Na]. The molecular formula is C17H17NNaO4. The molecule has 0 saturated carbocycles. The quantitative estimate of drug-likeness (QED) is 0.561. The molecule has 0 aliphatic heterocycles. The molecule has 3 N–H and O–H groups in total. The number of hydrogen-bond donors (Lipinski definition) is 3. The number of phenols is 2. The zero-order valence-corrected chi connectivity index (χ0v) is 14.9. The molecule has 0 aliphatic carbocycles. The monoisotopic (exact) mass is 322 g/mol. The predicted molar refractivity (Wildman–Crippen MR) is 89.3 cm³/mol. The van der Waals surface area contributed by atoms with E-state index in [1.165, 1.54) is 18.3 Å². The molecule has 0 heterocycles. The Morgan fingerprint density at radius 1 is 1.13 bits per heavy atom. The van der Waals surface area contributed by atoms with Crippen LogP contribution in [0.15, 0.2) is 53.5 Å². The number of hydrogen-bond acceptors (Lipinski definition) is 4. The Morgan fingerprint density at radius 2 is 1.83 bits per heavy atom. The third-order valence-corrected chi connectivity index (χ3v) is 3.22. The molecule has 0 bridgehead atoms. The van der Waals surface area contributed by atoms with Gasteiger partial charge in [-0.05, 0) is 17.2 Å². The third kappa shape index (κ3) is 6.06. The van der Waals surface area contributed by atoms with Crippen LogP contribution >= 0.6 is 0 Å². The van der Waals surface area contributed by atoms with Gasteiger partial charge in [0.1, 0.15) is 11.5 Å². The number of benzene rings is 2. The second kappa shape index (κ2) is 9.35. The first-order valence-corrected chi connectivity index (χ1v) is 6.85. The predicted octanol–water partition coefficient (Wildman–Crippen LogP) is 2.03. The maximum absolute atomic E-state index is 11.3. The summed E-state index contributed by atoms with van der Waals surface area (Å²) in [6, 6.07) is 12.7. The molecule has 1 atom stereocenters. The maximum atomic E-state index is 11.3. The van der Waals surface area contributed by atoms with Crippen LogP contribution in [-0.2, 0) is 17.6 Å². The first kappa shape index (κ1) is 19.2. The number of phenolic OH excluding ortho intramolecular Hbond substituents is 2. The third-order valence-electron chi connectivity index (χ3n) is 3.22. The van der Waals surface area contributed by atoms with Crippen molar-refractivity contribution in [2.75, 3.05) is 0 Å². The largest absolute Gasteiger partial charge is 0.508 e. The van der Waals surface area contributed by atoms with Gasteiger partial charge in [0.15, 0.2) is 6.04 Å². The van der Waals surface area contributed by atoms with Gasteiger partial charge in [0, 0.05) is 54.7 Å². The molecule has 0 saturated heterocycles. The molecule has 0 spiro atoms. The van der Waals surface area contributed by atoms with Crippen LogP contribution in [0.5, 0.6) is 11.5 Å². The maximum Gasteiger partial charge on any atom is 0.328 e. The molecular weight excluding hydrogens is 305 g/mol. The van der Waals surface area contributed by atoms with Gasteiger partial charge in [-0.1, -0.05) is 36.4 Å². The minimum atomic E-state index is -0.991. The summed E-state index contributed by atoms with van der Waals surface area (Å²) in [6.07, 6.45) is 2.09. The number of aliphatic imine (C=N–C) groups is 1. The van der Waals surface area contributed by atoms with Crippen molar-refractivity contribution in [1.29, 1.82) is 0 Å². The van der Waals surface area contributed by atoms with E-state index >= 15 is 0 Å². The van der Waals surface area contributed by atoms with Crippen LogP contribution in [0.3, 0.4) is 0 Å². The van der Waals surface area contributed by atoms with Gasteiger partial charge in [-0.2, -0.15) is 0 Å². The minimum absolute atomic E-state index is 0. The number of carboxylic acid groups (broad SMARTS) is 1. The molecule has 0 fully saturated rings. The number of nitrogens with zero attached hydrogens (tertiary/aromatic N) is 1. The average Bonchev–Trinajstić information content (AvgIpc) is 2.49. The van der Waals surface area contributed by atoms with Crippen LogP contribution in [-0.4, -0.2) is 63.1 Å². The standard InChI is InChI=1S/C17H17NO4.Na/c19-14-7-6-13(16(20)11-14)8-9-18-15(17(21)22)10-12-4-2-1-3-5-12;/h1-7,9,11,15,19-20H,8,10H2,(H,21,22);/t15-;/m0./s1. The summed E-state index contributed by atoms with van der Waals surface area (Å²) in [5.41, 5.74) is 1.48. The first-order chi connectivity index (χ1) is 10.6. The van der Waals surface area contributed by atoms with Crippen molar-refractivity contribution in [2.24, 2.45) is 4.99 Å². The van der Waals surface area contributed by atoms with Gasteiger partial charge in [0.25, 0.3) is 0 Å². The molecule has 5 nitrogen and oxygen atoms in total. The normalized spacial score (nSPS) is 11.8. The van der Waals surface area contributed by atoms with E-state index in [4.69, 9.17) is 0 Å². The molecule has 115 valence electrons. The van der Waals surface area contributed by atoms with Gasteiger partial charge in [0.05, 0.1) is 0 Å². The van der Waals surface area contributed by atoms with E-state index in [0.717, 1.165) is 5.56 Å². The van der Waals surface area contributed by atoms with E-state index in [0.29, 0.717) is 18.4 Å². The summed E-state index contributed by atoms with van der Waals surface area (Å²) in [5, 5.41) is 28.1. The van der Waals surface area contributed by atoms with Gasteiger partial charge in [0.2, 0.25) is 0 Å². The van der Waals surface area contributed by atoms with Crippen LogP contribution in [0.25, 0.3) is 0 Å². The van der Waals surface area contributed by atoms with Gasteiger partial charge >= 0.3 is 5.97 Å². The Kier molecular flexibility index (Phi) is 7.81. The molecule has 1 radical (unpaired) electrons. The molecule has 0 aliphatic rings. The van der Waals surface area contributed by atoms with Crippen LogP contribution in [0.2, 0.25) is 0 Å². The summed E-state index contributed by atoms with van der Waals surface area (Å²) in [5.74, 6) is -1.05. The van der Waals surface area contributed by atoms with Crippen molar-refractivity contribution in [3.05, 3.63) is 59.7 Å². The van der Waals surface area contributed by atoms with Crippen molar-refractivity contribution < 1.29 is 20.1 Å². The second-order valence-electron chi connectivity index (χ2n) is 4.89. The zero-order chi connectivity index (χ0) is 15.9. The molecule has 23 heavy (non-hydrogen) atoms. The molecule has 6 heteroatoms. The van der Waals surface area contributed by atoms with Gasteiger partial charge in [-0.3, -0.25) is 4.99 Å². The van der Waals surface area contributed by atoms with E-state index in [1.54, 1.807) is 6.07 Å². The Labute approximate surface area is 156 Å². The molecule has 0 aromatic heterocycles. The molecule has 2 aromatic carbocycles. The number of carbonyl (C=O) groups is 1. The Balaban J connectivity index is 0.00000264. The van der Waals surface area contributed by atoms with Crippen LogP contribution < -0.4 is 0 Å². The second-order valence-corrected chi connectivity index (χ2v) is 4.89. The van der Waals surface area contributed by atoms with Crippen LogP contribution in [0.1, 0.15) is 11.1 Å². The van der Waals surface area contributed by atoms with Gasteiger partial charge in [-0.25, -0.2) is 4.79 Å². The summed E-state index contributed by atoms with van der Waals surface area (Å²) in [4.78, 5) is 15.3. The first-order valence-electron chi connectivity index (χ1n) is 6.85. The Morgan fingerprint density at radius 3 is 2.43 bits per heavy atom. The summed E-state index contributed by atoms with van der Waals surface area (Å²) in [6.45, 7) is 0. The van der Waals surface area contributed by atoms with E-state index in [1.807, 2.05) is 30.3 Å². The Hall–Kier alpha value is -1.82. The summed E-state index contributed by atoms with van der Waals surface area (Å²) < 4.78 is 0. The van der Waals surface area contributed by atoms with Crippen molar-refractivity contribution in [2.45, 2.75) is 18.9 Å². The summed E-state index contributed by atoms with van der Waals surface area (Å²) >= 11 is 0. The smallest absolute Gasteiger partial charge is 0.328 e. The Bertz CT molecular complexity index is 674. The van der Waals surface area contributed by atoms with E-state index in [2.05, 4.69) is 4.99 Å². The molecule has 2 rings (SSSR count). The van der Waals surface area contributed by atoms with Crippen LogP contribution in [0, 0.1) is 0 Å². The van der Waals surface area contributed by atoms with E-state index in [9.17, 15) is 20.1 Å². The molecule has 0 unspecified atom stereocenters. The fourth-order valence-electron chi connectivity index (χ4n) is 2.04. The van der Waals surface area contributed by atoms with Gasteiger partial charge in [-0.15, -0.1) is 0 Å². The van der Waals surface area contributed by atoms with Crippen LogP contribution in [0.4, 0.5) is 0 Å². The van der Waals surface area contributed by atoms with Crippen molar-refractivity contribution in [3.63, 3.8) is 0 Å². The molecule has 0 amide bonds. The number of aromatic hydroxyl groups is 2. The minimum Gasteiger partial charge on any atom is -0.508 e.